The molecule has 1 unspecified atom stereocenters. The highest BCUT2D eigenvalue weighted by molar-refractivity contribution is 7.89. The van der Waals surface area contributed by atoms with Gasteiger partial charge in [0.2, 0.25) is 15.9 Å². The van der Waals surface area contributed by atoms with E-state index in [1.165, 1.54) is 15.6 Å². The van der Waals surface area contributed by atoms with Crippen molar-refractivity contribution in [3.05, 3.63) is 53.6 Å². The Labute approximate surface area is 206 Å². The van der Waals surface area contributed by atoms with Gasteiger partial charge in [-0.05, 0) is 70.6 Å². The SMILES string of the molecule is Cc1ccc(S(=O)(=O)N2CCCC(C(=O)N(CCN(C)C)c3nc4ccc(C)cc4s3)C2)cc1. The van der Waals surface area contributed by atoms with E-state index in [1.54, 1.807) is 29.2 Å². The molecule has 1 aromatic heterocycles. The van der Waals surface area contributed by atoms with Gasteiger partial charge in [0.05, 0.1) is 21.0 Å². The number of aryl methyl sites for hydroxylation is 2. The first-order valence-corrected chi connectivity index (χ1v) is 13.8. The maximum absolute atomic E-state index is 13.8. The number of carbonyl (C=O) groups is 1. The average Bonchev–Trinajstić information content (AvgIpc) is 3.22. The summed E-state index contributed by atoms with van der Waals surface area (Å²) in [4.78, 5) is 22.6. The Hall–Kier alpha value is -2.33. The molecule has 0 N–H and O–H groups in total. The van der Waals surface area contributed by atoms with Crippen molar-refractivity contribution >= 4 is 42.6 Å². The molecule has 0 saturated carbocycles. The molecular formula is C25H32N4O3S2. The molecule has 0 radical (unpaired) electrons. The minimum absolute atomic E-state index is 0.0542. The second kappa shape index (κ2) is 10.1. The van der Waals surface area contributed by atoms with Crippen molar-refractivity contribution in [2.24, 2.45) is 5.92 Å². The third-order valence-corrected chi connectivity index (χ3v) is 9.11. The van der Waals surface area contributed by atoms with Crippen molar-refractivity contribution in [1.29, 1.82) is 0 Å². The molecule has 1 amide bonds. The van der Waals surface area contributed by atoms with E-state index in [1.807, 2.05) is 45.0 Å². The summed E-state index contributed by atoms with van der Waals surface area (Å²) in [5, 5.41) is 0.672. The number of benzene rings is 2. The summed E-state index contributed by atoms with van der Waals surface area (Å²) in [5.74, 6) is -0.452. The summed E-state index contributed by atoms with van der Waals surface area (Å²) >= 11 is 1.51. The van der Waals surface area contributed by atoms with Crippen LogP contribution in [0.15, 0.2) is 47.4 Å². The molecule has 1 saturated heterocycles. The lowest BCUT2D eigenvalue weighted by molar-refractivity contribution is -0.123. The Bertz CT molecular complexity index is 1270. The molecule has 1 atom stereocenters. The summed E-state index contributed by atoms with van der Waals surface area (Å²) in [6, 6.07) is 13.0. The van der Waals surface area contributed by atoms with Gasteiger partial charge in [-0.25, -0.2) is 13.4 Å². The van der Waals surface area contributed by atoms with Crippen LogP contribution in [0.2, 0.25) is 0 Å². The second-order valence-electron chi connectivity index (χ2n) is 9.28. The van der Waals surface area contributed by atoms with Gasteiger partial charge in [-0.15, -0.1) is 0 Å². The van der Waals surface area contributed by atoms with Crippen molar-refractivity contribution in [3.8, 4) is 0 Å². The largest absolute Gasteiger partial charge is 0.308 e. The zero-order chi connectivity index (χ0) is 24.5. The number of hydrogen-bond acceptors (Lipinski definition) is 6. The highest BCUT2D eigenvalue weighted by atomic mass is 32.2. The Morgan fingerprint density at radius 1 is 1.09 bits per heavy atom. The predicted octanol–water partition coefficient (Wildman–Crippen LogP) is 3.91. The van der Waals surface area contributed by atoms with E-state index < -0.39 is 15.9 Å². The molecule has 2 aromatic carbocycles. The molecule has 0 bridgehead atoms. The predicted molar refractivity (Wildman–Crippen MR) is 138 cm³/mol. The van der Waals surface area contributed by atoms with Crippen LogP contribution >= 0.6 is 11.3 Å². The van der Waals surface area contributed by atoms with Gasteiger partial charge >= 0.3 is 0 Å². The lowest BCUT2D eigenvalue weighted by Crippen LogP contribution is -2.48. The Kier molecular flexibility index (Phi) is 7.37. The van der Waals surface area contributed by atoms with Crippen LogP contribution in [0.1, 0.15) is 24.0 Å². The van der Waals surface area contributed by atoms with Crippen LogP contribution in [-0.2, 0) is 14.8 Å². The molecule has 4 rings (SSSR count). The maximum atomic E-state index is 13.8. The minimum Gasteiger partial charge on any atom is -0.308 e. The van der Waals surface area contributed by atoms with Crippen molar-refractivity contribution in [2.45, 2.75) is 31.6 Å². The second-order valence-corrected chi connectivity index (χ2v) is 12.2. The molecule has 0 aliphatic carbocycles. The van der Waals surface area contributed by atoms with E-state index in [2.05, 4.69) is 6.07 Å². The first-order valence-electron chi connectivity index (χ1n) is 11.6. The fourth-order valence-corrected chi connectivity index (χ4v) is 6.80. The molecular weight excluding hydrogens is 468 g/mol. The number of nitrogens with zero attached hydrogens (tertiary/aromatic N) is 4. The number of carbonyl (C=O) groups excluding carboxylic acids is 1. The summed E-state index contributed by atoms with van der Waals surface area (Å²) < 4.78 is 29.0. The van der Waals surface area contributed by atoms with Crippen LogP contribution < -0.4 is 4.90 Å². The fourth-order valence-electron chi connectivity index (χ4n) is 4.18. The number of thiazole rings is 1. The fraction of sp³-hybridized carbons (Fsp3) is 0.440. The van der Waals surface area contributed by atoms with Crippen molar-refractivity contribution in [1.82, 2.24) is 14.2 Å². The van der Waals surface area contributed by atoms with Gasteiger partial charge in [0, 0.05) is 26.2 Å². The van der Waals surface area contributed by atoms with Gasteiger partial charge in [0.25, 0.3) is 0 Å². The molecule has 1 fully saturated rings. The third kappa shape index (κ3) is 5.33. The van der Waals surface area contributed by atoms with E-state index >= 15 is 0 Å². The zero-order valence-corrected chi connectivity index (χ0v) is 21.8. The maximum Gasteiger partial charge on any atom is 0.243 e. The third-order valence-electron chi connectivity index (χ3n) is 6.19. The summed E-state index contributed by atoms with van der Waals surface area (Å²) in [6.45, 7) is 5.79. The summed E-state index contributed by atoms with van der Waals surface area (Å²) in [7, 11) is 0.301. The highest BCUT2D eigenvalue weighted by Gasteiger charge is 2.36. The van der Waals surface area contributed by atoms with Gasteiger partial charge in [-0.2, -0.15) is 4.31 Å². The topological polar surface area (TPSA) is 73.8 Å². The smallest absolute Gasteiger partial charge is 0.243 e. The number of aromatic nitrogens is 1. The number of sulfonamides is 1. The highest BCUT2D eigenvalue weighted by Crippen LogP contribution is 2.32. The quantitative estimate of drug-likeness (QED) is 0.492. The molecule has 0 spiro atoms. The molecule has 1 aliphatic heterocycles. The Morgan fingerprint density at radius 3 is 2.50 bits per heavy atom. The standard InChI is InChI=1S/C25H32N4O3S2/c1-18-7-10-21(11-8-18)34(31,32)28-13-5-6-20(17-28)24(30)29(15-14-27(3)4)25-26-22-12-9-19(2)16-23(22)33-25/h7-12,16,20H,5-6,13-15,17H2,1-4H3. The van der Waals surface area contributed by atoms with E-state index in [4.69, 9.17) is 4.98 Å². The van der Waals surface area contributed by atoms with Gasteiger partial charge in [-0.3, -0.25) is 9.69 Å². The Balaban J connectivity index is 1.59. The lowest BCUT2D eigenvalue weighted by atomic mass is 9.98. The normalized spacial score (nSPS) is 17.4. The molecule has 2 heterocycles. The number of hydrogen-bond donors (Lipinski definition) is 0. The average molecular weight is 501 g/mol. The molecule has 9 heteroatoms. The van der Waals surface area contributed by atoms with Crippen LogP contribution in [0.5, 0.6) is 0 Å². The number of fused-ring (bicyclic) bond motifs is 1. The number of amides is 1. The number of rotatable bonds is 7. The number of piperidine rings is 1. The van der Waals surface area contributed by atoms with Crippen molar-refractivity contribution in [3.63, 3.8) is 0 Å². The monoisotopic (exact) mass is 500 g/mol. The van der Waals surface area contributed by atoms with E-state index in [0.29, 0.717) is 37.6 Å². The lowest BCUT2D eigenvalue weighted by Gasteiger charge is -2.34. The van der Waals surface area contributed by atoms with Crippen LogP contribution in [0.4, 0.5) is 5.13 Å². The van der Waals surface area contributed by atoms with Crippen LogP contribution in [0, 0.1) is 19.8 Å². The Morgan fingerprint density at radius 2 is 1.79 bits per heavy atom. The van der Waals surface area contributed by atoms with Gasteiger partial charge in [-0.1, -0.05) is 35.1 Å². The number of anilines is 1. The molecule has 3 aromatic rings. The van der Waals surface area contributed by atoms with E-state index in [-0.39, 0.29) is 17.3 Å². The van der Waals surface area contributed by atoms with Crippen molar-refractivity contribution in [2.75, 3.05) is 45.2 Å². The van der Waals surface area contributed by atoms with Crippen LogP contribution in [-0.4, -0.2) is 68.8 Å². The van der Waals surface area contributed by atoms with Gasteiger partial charge in [0.15, 0.2) is 5.13 Å². The molecule has 7 nitrogen and oxygen atoms in total. The van der Waals surface area contributed by atoms with Crippen LogP contribution in [0.3, 0.4) is 0 Å². The minimum atomic E-state index is -3.65. The van der Waals surface area contributed by atoms with Gasteiger partial charge in [0.1, 0.15) is 0 Å². The van der Waals surface area contributed by atoms with E-state index in [0.717, 1.165) is 21.3 Å². The molecule has 1 aliphatic rings. The zero-order valence-electron chi connectivity index (χ0n) is 20.2. The van der Waals surface area contributed by atoms with Gasteiger partial charge < -0.3 is 4.90 Å². The summed E-state index contributed by atoms with van der Waals surface area (Å²) in [6.07, 6.45) is 1.32. The van der Waals surface area contributed by atoms with E-state index in [9.17, 15) is 13.2 Å². The molecule has 34 heavy (non-hydrogen) atoms. The number of likely N-dealkylation sites (N-methyl/N-ethyl adjacent to an activating group) is 1. The first kappa shape index (κ1) is 24.8. The summed E-state index contributed by atoms with van der Waals surface area (Å²) in [5.41, 5.74) is 3.03. The molecule has 182 valence electrons. The first-order chi connectivity index (χ1) is 16.1. The van der Waals surface area contributed by atoms with Crippen LogP contribution in [0.25, 0.3) is 10.2 Å². The van der Waals surface area contributed by atoms with Crippen molar-refractivity contribution < 1.29 is 13.2 Å².